The first-order valence-electron chi connectivity index (χ1n) is 31.4. The van der Waals surface area contributed by atoms with Crippen molar-refractivity contribution in [2.45, 2.75) is 302 Å². The fraction of sp³-hybridized carbons (Fsp3) is 0.710. The van der Waals surface area contributed by atoms with E-state index < -0.39 is 6.10 Å². The molecule has 0 aliphatic heterocycles. The highest BCUT2D eigenvalue weighted by Crippen LogP contribution is 2.17. The summed E-state index contributed by atoms with van der Waals surface area (Å²) in [5.74, 6) is -0.584. The number of hydrogen-bond donors (Lipinski definition) is 1. The van der Waals surface area contributed by atoms with Crippen LogP contribution in [0, 0.1) is 0 Å². The number of ether oxygens (including phenoxy) is 2. The molecule has 74 heavy (non-hydrogen) atoms. The van der Waals surface area contributed by atoms with Gasteiger partial charge in [0.1, 0.15) is 6.61 Å². The van der Waals surface area contributed by atoms with E-state index in [1.807, 2.05) is 0 Å². The van der Waals surface area contributed by atoms with Crippen LogP contribution in [0.2, 0.25) is 0 Å². The second-order valence-electron chi connectivity index (χ2n) is 20.7. The Morgan fingerprint density at radius 2 is 0.541 bits per heavy atom. The molecular weight excluding hydrogens is 909 g/mol. The zero-order valence-corrected chi connectivity index (χ0v) is 48.6. The van der Waals surface area contributed by atoms with Gasteiger partial charge in [-0.05, 0) is 96.3 Å². The average Bonchev–Trinajstić information content (AvgIpc) is 3.40. The summed E-state index contributed by atoms with van der Waals surface area (Å²) in [6.07, 6.45) is 92.3. The predicted molar refractivity (Wildman–Crippen MR) is 325 cm³/mol. The first-order chi connectivity index (χ1) is 36.6. The van der Waals surface area contributed by atoms with Crippen molar-refractivity contribution in [1.82, 2.24) is 0 Å². The van der Waals surface area contributed by atoms with Crippen molar-refractivity contribution in [3.8, 4) is 0 Å². The minimum atomic E-state index is -0.778. The number of hydrogen-bond acceptors (Lipinski definition) is 5. The lowest BCUT2D eigenvalue weighted by Gasteiger charge is -2.15. The second-order valence-corrected chi connectivity index (χ2v) is 20.7. The highest BCUT2D eigenvalue weighted by atomic mass is 16.6. The van der Waals surface area contributed by atoms with Gasteiger partial charge in [-0.25, -0.2) is 0 Å². The zero-order valence-electron chi connectivity index (χ0n) is 48.6. The van der Waals surface area contributed by atoms with E-state index in [-0.39, 0.29) is 25.2 Å². The standard InChI is InChI=1S/C69H118O5/c1-3-5-7-9-11-13-15-17-19-21-23-25-27-29-31-33-34-36-38-40-42-44-46-48-50-52-54-56-58-60-62-64-69(72)74-67(65-70)66-73-68(71)63-61-59-57-55-53-51-49-47-45-43-41-39-37-35-32-30-28-26-24-22-20-18-16-14-12-10-8-6-4-2/h5-8,11-14,17-20,23-26,29,31,67,70H,3-4,9-10,15-16,21-22,27-28,30,32-66H2,1-2H3/b7-5-,8-6-,13-11-,14-12-,19-17-,20-18-,25-23-,26-24-,31-29-. The van der Waals surface area contributed by atoms with Gasteiger partial charge in [0.25, 0.3) is 0 Å². The molecule has 0 spiro atoms. The summed E-state index contributed by atoms with van der Waals surface area (Å²) in [5, 5.41) is 9.69. The molecule has 5 heteroatoms. The molecule has 424 valence electrons. The summed E-state index contributed by atoms with van der Waals surface area (Å²) in [6.45, 7) is 3.94. The predicted octanol–water partition coefficient (Wildman–Crippen LogP) is 21.6. The topological polar surface area (TPSA) is 72.8 Å². The summed E-state index contributed by atoms with van der Waals surface area (Å²) in [7, 11) is 0. The van der Waals surface area contributed by atoms with E-state index in [4.69, 9.17) is 9.47 Å². The first kappa shape index (κ1) is 70.6. The summed E-state index contributed by atoms with van der Waals surface area (Å²) in [5.41, 5.74) is 0. The quantitative estimate of drug-likeness (QED) is 0.0373. The normalized spacial score (nSPS) is 13.0. The van der Waals surface area contributed by atoms with Crippen molar-refractivity contribution in [3.05, 3.63) is 109 Å². The third-order valence-corrected chi connectivity index (χ3v) is 13.6. The smallest absolute Gasteiger partial charge is 0.306 e. The van der Waals surface area contributed by atoms with Crippen LogP contribution in [-0.2, 0) is 19.1 Å². The minimum absolute atomic E-state index is 0.0676. The first-order valence-corrected chi connectivity index (χ1v) is 31.4. The number of aliphatic hydroxyl groups is 1. The van der Waals surface area contributed by atoms with Crippen LogP contribution in [0.25, 0.3) is 0 Å². The fourth-order valence-corrected chi connectivity index (χ4v) is 8.93. The maximum atomic E-state index is 12.3. The molecule has 1 unspecified atom stereocenters. The van der Waals surface area contributed by atoms with Gasteiger partial charge in [-0.1, -0.05) is 297 Å². The van der Waals surface area contributed by atoms with Gasteiger partial charge in [-0.15, -0.1) is 0 Å². The number of carbonyl (C=O) groups excluding carboxylic acids is 2. The van der Waals surface area contributed by atoms with Crippen molar-refractivity contribution >= 4 is 11.9 Å². The van der Waals surface area contributed by atoms with E-state index in [1.165, 1.54) is 173 Å². The molecule has 0 aliphatic rings. The molecular formula is C69H118O5. The Hall–Kier alpha value is -3.44. The molecule has 1 atom stereocenters. The molecule has 1 N–H and O–H groups in total. The van der Waals surface area contributed by atoms with E-state index in [0.29, 0.717) is 12.8 Å². The summed E-state index contributed by atoms with van der Waals surface area (Å²) >= 11 is 0. The fourth-order valence-electron chi connectivity index (χ4n) is 8.93. The van der Waals surface area contributed by atoms with Crippen LogP contribution in [0.4, 0.5) is 0 Å². The van der Waals surface area contributed by atoms with Crippen LogP contribution < -0.4 is 0 Å². The molecule has 0 aromatic carbocycles. The van der Waals surface area contributed by atoms with E-state index in [2.05, 4.69) is 123 Å². The van der Waals surface area contributed by atoms with E-state index >= 15 is 0 Å². The monoisotopic (exact) mass is 1030 g/mol. The minimum Gasteiger partial charge on any atom is -0.462 e. The summed E-state index contributed by atoms with van der Waals surface area (Å²) in [6, 6.07) is 0. The van der Waals surface area contributed by atoms with Crippen molar-refractivity contribution in [1.29, 1.82) is 0 Å². The van der Waals surface area contributed by atoms with Gasteiger partial charge >= 0.3 is 11.9 Å². The van der Waals surface area contributed by atoms with Crippen molar-refractivity contribution < 1.29 is 24.2 Å². The van der Waals surface area contributed by atoms with Crippen LogP contribution in [0.5, 0.6) is 0 Å². The molecule has 0 bridgehead atoms. The second kappa shape index (κ2) is 63.8. The zero-order chi connectivity index (χ0) is 53.4. The number of aliphatic hydroxyl groups excluding tert-OH is 1. The lowest BCUT2D eigenvalue weighted by atomic mass is 10.0. The summed E-state index contributed by atoms with van der Waals surface area (Å²) < 4.78 is 10.7. The van der Waals surface area contributed by atoms with Crippen molar-refractivity contribution in [2.24, 2.45) is 0 Å². The molecule has 0 saturated carbocycles. The molecule has 0 heterocycles. The number of carbonyl (C=O) groups is 2. The third kappa shape index (κ3) is 61.1. The van der Waals surface area contributed by atoms with Crippen LogP contribution in [0.3, 0.4) is 0 Å². The average molecular weight is 1030 g/mol. The van der Waals surface area contributed by atoms with Gasteiger partial charge in [0.15, 0.2) is 6.10 Å². The SMILES string of the molecule is CC/C=C\C/C=C\C/C=C\C/C=C\C/C=C\CCCCCCCCCCCCCCCCCC(=O)OC(CO)COC(=O)CCCCCCCCCCCCCCCCCC/C=C\C/C=C\C/C=C\C/C=C\CC. The molecule has 0 aromatic heterocycles. The Labute approximate surface area is 459 Å². The van der Waals surface area contributed by atoms with Gasteiger partial charge in [0, 0.05) is 12.8 Å². The Morgan fingerprint density at radius 3 is 0.811 bits per heavy atom. The van der Waals surface area contributed by atoms with Crippen LogP contribution in [0.1, 0.15) is 296 Å². The van der Waals surface area contributed by atoms with Gasteiger partial charge in [-0.2, -0.15) is 0 Å². The van der Waals surface area contributed by atoms with Gasteiger partial charge in [0.2, 0.25) is 0 Å². The lowest BCUT2D eigenvalue weighted by Crippen LogP contribution is -2.28. The van der Waals surface area contributed by atoms with Gasteiger partial charge in [-0.3, -0.25) is 9.59 Å². The van der Waals surface area contributed by atoms with E-state index in [1.54, 1.807) is 0 Å². The molecule has 0 aliphatic carbocycles. The largest absolute Gasteiger partial charge is 0.462 e. The Balaban J connectivity index is 3.47. The van der Waals surface area contributed by atoms with Crippen LogP contribution in [0.15, 0.2) is 109 Å². The lowest BCUT2D eigenvalue weighted by molar-refractivity contribution is -0.161. The molecule has 0 fully saturated rings. The third-order valence-electron chi connectivity index (χ3n) is 13.6. The van der Waals surface area contributed by atoms with E-state index in [9.17, 15) is 14.7 Å². The number of rotatable bonds is 57. The molecule has 0 aromatic rings. The maximum absolute atomic E-state index is 12.3. The van der Waals surface area contributed by atoms with Crippen molar-refractivity contribution in [2.75, 3.05) is 13.2 Å². The highest BCUT2D eigenvalue weighted by Gasteiger charge is 2.16. The molecule has 0 radical (unpaired) electrons. The molecule has 0 saturated heterocycles. The molecule has 0 amide bonds. The van der Waals surface area contributed by atoms with Gasteiger partial charge in [0.05, 0.1) is 6.61 Å². The number of unbranched alkanes of at least 4 members (excludes halogenated alkanes) is 31. The van der Waals surface area contributed by atoms with Crippen LogP contribution in [-0.4, -0.2) is 36.4 Å². The van der Waals surface area contributed by atoms with Crippen molar-refractivity contribution in [3.63, 3.8) is 0 Å². The molecule has 5 nitrogen and oxygen atoms in total. The summed E-state index contributed by atoms with van der Waals surface area (Å²) in [4.78, 5) is 24.6. The van der Waals surface area contributed by atoms with E-state index in [0.717, 1.165) is 96.3 Å². The Morgan fingerprint density at radius 1 is 0.311 bits per heavy atom. The highest BCUT2D eigenvalue weighted by molar-refractivity contribution is 5.70. The number of allylic oxidation sites excluding steroid dienone is 18. The number of esters is 2. The maximum Gasteiger partial charge on any atom is 0.306 e. The Bertz CT molecular complexity index is 1440. The van der Waals surface area contributed by atoms with Crippen LogP contribution >= 0.6 is 0 Å². The van der Waals surface area contributed by atoms with Gasteiger partial charge < -0.3 is 14.6 Å². The molecule has 0 rings (SSSR count). The Kier molecular flexibility index (Phi) is 60.9.